The third-order valence-corrected chi connectivity index (χ3v) is 0.636. The first-order valence-corrected chi connectivity index (χ1v) is 2.70. The number of rotatable bonds is 3. The Hall–Kier alpha value is -1.17. The molecule has 0 aromatic heterocycles. The summed E-state index contributed by atoms with van der Waals surface area (Å²) in [6.45, 7) is -1.30. The first-order valence-electron chi connectivity index (χ1n) is 2.70. The number of hydrogen-bond donors (Lipinski definition) is 0. The summed E-state index contributed by atoms with van der Waals surface area (Å²) < 4.78 is 15.4. The lowest BCUT2D eigenvalue weighted by Crippen LogP contribution is -2.20. The standard InChI is InChI=1S/C5H7FO5/c1-9-11-5(8)4(7)10-3-2-6/h2-3H2,1H3. The van der Waals surface area contributed by atoms with Gasteiger partial charge in [0, 0.05) is 0 Å². The summed E-state index contributed by atoms with van der Waals surface area (Å²) in [4.78, 5) is 28.3. The van der Waals surface area contributed by atoms with Gasteiger partial charge in [-0.2, -0.15) is 4.89 Å². The van der Waals surface area contributed by atoms with E-state index < -0.39 is 25.2 Å². The molecule has 5 nitrogen and oxygen atoms in total. The van der Waals surface area contributed by atoms with E-state index in [0.29, 0.717) is 0 Å². The molecule has 0 aromatic carbocycles. The van der Waals surface area contributed by atoms with Crippen LogP contribution in [0.25, 0.3) is 0 Å². The van der Waals surface area contributed by atoms with Crippen molar-refractivity contribution in [3.8, 4) is 0 Å². The number of hydrogen-bond acceptors (Lipinski definition) is 5. The van der Waals surface area contributed by atoms with Gasteiger partial charge >= 0.3 is 11.9 Å². The first-order chi connectivity index (χ1) is 5.22. The molecule has 0 aliphatic heterocycles. The van der Waals surface area contributed by atoms with Gasteiger partial charge < -0.3 is 4.74 Å². The molecule has 0 aromatic rings. The number of halogens is 1. The summed E-state index contributed by atoms with van der Waals surface area (Å²) in [5.41, 5.74) is 0. The van der Waals surface area contributed by atoms with E-state index in [1.165, 1.54) is 0 Å². The zero-order chi connectivity index (χ0) is 8.69. The molecule has 6 heteroatoms. The van der Waals surface area contributed by atoms with Gasteiger partial charge in [0.1, 0.15) is 13.3 Å². The molecule has 0 saturated carbocycles. The summed E-state index contributed by atoms with van der Waals surface area (Å²) in [5.74, 6) is -2.58. The van der Waals surface area contributed by atoms with Crippen molar-refractivity contribution < 1.29 is 28.5 Å². The predicted octanol–water partition coefficient (Wildman–Crippen LogP) is -0.396. The Morgan fingerprint density at radius 3 is 2.45 bits per heavy atom. The fraction of sp³-hybridized carbons (Fsp3) is 0.600. The van der Waals surface area contributed by atoms with Crippen LogP contribution in [0.1, 0.15) is 0 Å². The van der Waals surface area contributed by atoms with Crippen LogP contribution in [-0.2, 0) is 24.1 Å². The average molecular weight is 166 g/mol. The highest BCUT2D eigenvalue weighted by Crippen LogP contribution is 1.84. The lowest BCUT2D eigenvalue weighted by molar-refractivity contribution is -0.255. The van der Waals surface area contributed by atoms with E-state index >= 15 is 0 Å². The van der Waals surface area contributed by atoms with E-state index in [-0.39, 0.29) is 0 Å². The van der Waals surface area contributed by atoms with Crippen molar-refractivity contribution in [3.05, 3.63) is 0 Å². The molecule has 0 fully saturated rings. The van der Waals surface area contributed by atoms with Gasteiger partial charge in [0.25, 0.3) is 0 Å². The van der Waals surface area contributed by atoms with Crippen molar-refractivity contribution in [2.24, 2.45) is 0 Å². The van der Waals surface area contributed by atoms with Crippen LogP contribution in [0.5, 0.6) is 0 Å². The monoisotopic (exact) mass is 166 g/mol. The van der Waals surface area contributed by atoms with Gasteiger partial charge in [0.2, 0.25) is 0 Å². The molecule has 0 radical (unpaired) electrons. The van der Waals surface area contributed by atoms with Crippen LogP contribution in [0.3, 0.4) is 0 Å². The van der Waals surface area contributed by atoms with Crippen molar-refractivity contribution in [2.45, 2.75) is 0 Å². The highest BCUT2D eigenvalue weighted by Gasteiger charge is 2.17. The third kappa shape index (κ3) is 4.26. The fourth-order valence-electron chi connectivity index (χ4n) is 0.300. The Morgan fingerprint density at radius 2 is 2.00 bits per heavy atom. The van der Waals surface area contributed by atoms with Crippen LogP contribution in [0.2, 0.25) is 0 Å². The summed E-state index contributed by atoms with van der Waals surface area (Å²) >= 11 is 0. The molecule has 0 bridgehead atoms. The number of carbonyl (C=O) groups excluding carboxylic acids is 2. The van der Waals surface area contributed by atoms with E-state index in [2.05, 4.69) is 14.5 Å². The molecule has 64 valence electrons. The van der Waals surface area contributed by atoms with Crippen LogP contribution in [-0.4, -0.2) is 32.3 Å². The molecule has 0 amide bonds. The predicted molar refractivity (Wildman–Crippen MR) is 30.0 cm³/mol. The van der Waals surface area contributed by atoms with Gasteiger partial charge in [0.15, 0.2) is 0 Å². The van der Waals surface area contributed by atoms with Crippen molar-refractivity contribution in [2.75, 3.05) is 20.4 Å². The van der Waals surface area contributed by atoms with Crippen molar-refractivity contribution in [1.29, 1.82) is 0 Å². The highest BCUT2D eigenvalue weighted by atomic mass is 19.1. The van der Waals surface area contributed by atoms with Gasteiger partial charge in [-0.05, 0) is 0 Å². The van der Waals surface area contributed by atoms with E-state index in [0.717, 1.165) is 7.11 Å². The third-order valence-electron chi connectivity index (χ3n) is 0.636. The Kier molecular flexibility index (Phi) is 5.01. The van der Waals surface area contributed by atoms with E-state index in [9.17, 15) is 14.0 Å². The SMILES string of the molecule is COOC(=O)C(=O)OCCF. The molecule has 11 heavy (non-hydrogen) atoms. The lowest BCUT2D eigenvalue weighted by atomic mass is 10.7. The van der Waals surface area contributed by atoms with Gasteiger partial charge in [0.05, 0.1) is 7.11 Å². The van der Waals surface area contributed by atoms with Crippen LogP contribution in [0.15, 0.2) is 0 Å². The minimum absolute atomic E-state index is 0.461. The van der Waals surface area contributed by atoms with E-state index in [1.54, 1.807) is 0 Å². The second-order valence-corrected chi connectivity index (χ2v) is 1.36. The molecule has 0 unspecified atom stereocenters. The minimum Gasteiger partial charge on any atom is -0.454 e. The summed E-state index contributed by atoms with van der Waals surface area (Å²) in [6.07, 6.45) is 0. The van der Waals surface area contributed by atoms with Crippen molar-refractivity contribution >= 4 is 11.9 Å². The summed E-state index contributed by atoms with van der Waals surface area (Å²) in [5, 5.41) is 0. The largest absolute Gasteiger partial charge is 0.454 e. The zero-order valence-electron chi connectivity index (χ0n) is 5.83. The zero-order valence-corrected chi connectivity index (χ0v) is 5.83. The second-order valence-electron chi connectivity index (χ2n) is 1.36. The minimum atomic E-state index is -1.30. The van der Waals surface area contributed by atoms with Gasteiger partial charge in [-0.15, -0.1) is 0 Å². The van der Waals surface area contributed by atoms with Gasteiger partial charge in [-0.1, -0.05) is 0 Å². The van der Waals surface area contributed by atoms with E-state index in [1.807, 2.05) is 0 Å². The van der Waals surface area contributed by atoms with Gasteiger partial charge in [-0.25, -0.2) is 14.0 Å². The Bertz CT molecular complexity index is 146. The summed E-state index contributed by atoms with van der Waals surface area (Å²) in [6, 6.07) is 0. The van der Waals surface area contributed by atoms with Crippen molar-refractivity contribution in [3.63, 3.8) is 0 Å². The normalized spacial score (nSPS) is 8.91. The molecule has 0 atom stereocenters. The molecule has 0 saturated heterocycles. The fourth-order valence-corrected chi connectivity index (χ4v) is 0.300. The molecular weight excluding hydrogens is 159 g/mol. The lowest BCUT2D eigenvalue weighted by Gasteiger charge is -1.98. The molecule has 0 spiro atoms. The Morgan fingerprint density at radius 1 is 1.36 bits per heavy atom. The maximum absolute atomic E-state index is 11.3. The van der Waals surface area contributed by atoms with Crippen LogP contribution >= 0.6 is 0 Å². The number of alkyl halides is 1. The molecule has 0 aliphatic carbocycles. The molecule has 0 rings (SSSR count). The molecule has 0 N–H and O–H groups in total. The highest BCUT2D eigenvalue weighted by molar-refractivity contribution is 6.29. The molecule has 0 heterocycles. The maximum atomic E-state index is 11.3. The van der Waals surface area contributed by atoms with Crippen LogP contribution < -0.4 is 0 Å². The summed E-state index contributed by atoms with van der Waals surface area (Å²) in [7, 11) is 1.06. The number of esters is 1. The second kappa shape index (κ2) is 5.60. The Balaban J connectivity index is 3.56. The maximum Gasteiger partial charge on any atom is 0.449 e. The smallest absolute Gasteiger partial charge is 0.449 e. The van der Waals surface area contributed by atoms with Crippen LogP contribution in [0, 0.1) is 0 Å². The number of ether oxygens (including phenoxy) is 1. The topological polar surface area (TPSA) is 61.8 Å². The molecular formula is C5H7FO5. The quantitative estimate of drug-likeness (QED) is 0.247. The first kappa shape index (κ1) is 9.83. The molecule has 0 aliphatic rings. The average Bonchev–Trinajstić information content (AvgIpc) is 2.00. The van der Waals surface area contributed by atoms with Crippen LogP contribution in [0.4, 0.5) is 4.39 Å². The van der Waals surface area contributed by atoms with E-state index in [4.69, 9.17) is 0 Å². The number of carbonyl (C=O) groups is 2. The van der Waals surface area contributed by atoms with Gasteiger partial charge in [-0.3, -0.25) is 4.89 Å². The Labute approximate surface area is 62.0 Å². The van der Waals surface area contributed by atoms with Crippen molar-refractivity contribution in [1.82, 2.24) is 0 Å².